The van der Waals surface area contributed by atoms with E-state index in [9.17, 15) is 23.0 Å². The predicted molar refractivity (Wildman–Crippen MR) is 122 cm³/mol. The number of carbonyl (C=O) groups excluding carboxylic acids is 3. The highest BCUT2D eigenvalue weighted by molar-refractivity contribution is 7.94. The highest BCUT2D eigenvalue weighted by atomic mass is 32.2. The Morgan fingerprint density at radius 2 is 2.15 bits per heavy atom. The summed E-state index contributed by atoms with van der Waals surface area (Å²) >= 11 is 0. The Bertz CT molecular complexity index is 1090. The first kappa shape index (κ1) is 24.7. The van der Waals surface area contributed by atoms with E-state index >= 15 is 0 Å². The van der Waals surface area contributed by atoms with Gasteiger partial charge in [0.2, 0.25) is 5.91 Å². The van der Waals surface area contributed by atoms with E-state index in [0.29, 0.717) is 23.2 Å². The van der Waals surface area contributed by atoms with Crippen molar-refractivity contribution in [1.82, 2.24) is 5.32 Å². The maximum atomic E-state index is 14.9. The van der Waals surface area contributed by atoms with Gasteiger partial charge in [-0.2, -0.15) is 0 Å². The number of cyclic esters (lactones) is 1. The lowest BCUT2D eigenvalue weighted by molar-refractivity contribution is -0.119. The second-order valence-electron chi connectivity index (χ2n) is 8.40. The molecule has 0 radical (unpaired) electrons. The molecule has 0 bridgehead atoms. The zero-order valence-corrected chi connectivity index (χ0v) is 19.7. The lowest BCUT2D eigenvalue weighted by atomic mass is 10.0. The van der Waals surface area contributed by atoms with Crippen molar-refractivity contribution < 1.29 is 32.5 Å². The molecule has 33 heavy (non-hydrogen) atoms. The Labute approximate surface area is 192 Å². The van der Waals surface area contributed by atoms with Crippen LogP contribution < -0.4 is 10.2 Å². The summed E-state index contributed by atoms with van der Waals surface area (Å²) < 4.78 is 41.7. The first-order valence-corrected chi connectivity index (χ1v) is 12.5. The Balaban J connectivity index is 1.68. The molecule has 1 fully saturated rings. The van der Waals surface area contributed by atoms with Gasteiger partial charge >= 0.3 is 12.2 Å². The third-order valence-corrected chi connectivity index (χ3v) is 7.14. The highest BCUT2D eigenvalue weighted by Crippen LogP contribution is 2.30. The Hall–Kier alpha value is -2.95. The van der Waals surface area contributed by atoms with Gasteiger partial charge in [0.15, 0.2) is 0 Å². The maximum Gasteiger partial charge on any atom is 0.441 e. The molecule has 1 aromatic rings. The number of halogens is 1. The number of nitrogens with zero attached hydrogens (tertiary/aromatic N) is 2. The van der Waals surface area contributed by atoms with Crippen molar-refractivity contribution in [3.8, 4) is 0 Å². The molecule has 2 atom stereocenters. The monoisotopic (exact) mass is 481 g/mol. The van der Waals surface area contributed by atoms with Crippen LogP contribution in [0.4, 0.5) is 19.7 Å². The van der Waals surface area contributed by atoms with E-state index in [4.69, 9.17) is 9.47 Å². The van der Waals surface area contributed by atoms with Crippen LogP contribution in [0.15, 0.2) is 28.6 Å². The molecule has 0 saturated carbocycles. The summed E-state index contributed by atoms with van der Waals surface area (Å²) in [6.07, 6.45) is -0.0399. The van der Waals surface area contributed by atoms with Gasteiger partial charge in [0.1, 0.15) is 11.9 Å². The number of rotatable bonds is 6. The van der Waals surface area contributed by atoms with Gasteiger partial charge in [-0.25, -0.2) is 18.2 Å². The summed E-state index contributed by atoms with van der Waals surface area (Å²) in [5, 5.41) is 2.59. The van der Waals surface area contributed by atoms with Gasteiger partial charge in [0.05, 0.1) is 40.9 Å². The van der Waals surface area contributed by atoms with Crippen molar-refractivity contribution in [3.63, 3.8) is 0 Å². The number of amides is 3. The Morgan fingerprint density at radius 3 is 2.76 bits per heavy atom. The van der Waals surface area contributed by atoms with Gasteiger partial charge in [-0.1, -0.05) is 19.9 Å². The van der Waals surface area contributed by atoms with Crippen LogP contribution in [0.2, 0.25) is 0 Å². The second-order valence-corrected chi connectivity index (χ2v) is 10.9. The molecule has 9 nitrogen and oxygen atoms in total. The topological polar surface area (TPSA) is 114 Å². The quantitative estimate of drug-likeness (QED) is 0.667. The normalized spacial score (nSPS) is 22.6. The fraction of sp³-hybridized carbons (Fsp3) is 0.500. The molecular weight excluding hydrogens is 453 g/mol. The molecule has 11 heteroatoms. The van der Waals surface area contributed by atoms with E-state index < -0.39 is 33.8 Å². The van der Waals surface area contributed by atoms with E-state index in [1.807, 2.05) is 13.8 Å². The lowest BCUT2D eigenvalue weighted by Gasteiger charge is -2.19. The van der Waals surface area contributed by atoms with Crippen LogP contribution in [0.25, 0.3) is 5.57 Å². The van der Waals surface area contributed by atoms with Gasteiger partial charge in [-0.05, 0) is 36.1 Å². The molecule has 2 heterocycles. The molecule has 3 rings (SSSR count). The molecule has 1 N–H and O–H groups in total. The van der Waals surface area contributed by atoms with Crippen molar-refractivity contribution in [2.45, 2.75) is 33.3 Å². The molecule has 0 spiro atoms. The second kappa shape index (κ2) is 10.3. The number of nitrogens with one attached hydrogen (secondary N) is 1. The minimum atomic E-state index is -2.79. The number of hydrogen-bond acceptors (Lipinski definition) is 6. The minimum absolute atomic E-state index is 0.0313. The first-order valence-electron chi connectivity index (χ1n) is 10.7. The molecule has 2 unspecified atom stereocenters. The number of anilines is 1. The van der Waals surface area contributed by atoms with E-state index in [0.717, 1.165) is 0 Å². The number of ether oxygens (including phenoxy) is 2. The van der Waals surface area contributed by atoms with Crippen LogP contribution in [0.1, 0.15) is 32.8 Å². The van der Waals surface area contributed by atoms with Crippen LogP contribution in [0.3, 0.4) is 0 Å². The van der Waals surface area contributed by atoms with Crippen molar-refractivity contribution >= 4 is 39.1 Å². The average Bonchev–Trinajstić information content (AvgIpc) is 3.12. The average molecular weight is 482 g/mol. The van der Waals surface area contributed by atoms with Crippen molar-refractivity contribution in [2.24, 2.45) is 10.3 Å². The van der Waals surface area contributed by atoms with Crippen molar-refractivity contribution in [1.29, 1.82) is 0 Å². The van der Waals surface area contributed by atoms with Crippen molar-refractivity contribution in [3.05, 3.63) is 35.7 Å². The fourth-order valence-electron chi connectivity index (χ4n) is 3.44. The Morgan fingerprint density at radius 1 is 1.39 bits per heavy atom. The molecule has 0 aliphatic carbocycles. The van der Waals surface area contributed by atoms with E-state index in [2.05, 4.69) is 9.68 Å². The van der Waals surface area contributed by atoms with E-state index in [1.165, 1.54) is 17.9 Å². The maximum absolute atomic E-state index is 14.9. The third kappa shape index (κ3) is 6.53. The van der Waals surface area contributed by atoms with Crippen molar-refractivity contribution in [2.75, 3.05) is 36.1 Å². The Kier molecular flexibility index (Phi) is 7.72. The molecule has 180 valence electrons. The molecule has 3 amide bonds. The molecule has 1 saturated heterocycles. The smallest absolute Gasteiger partial charge is 0.441 e. The van der Waals surface area contributed by atoms with Crippen LogP contribution >= 0.6 is 0 Å². The number of allylic oxidation sites excluding steroid dienone is 1. The zero-order valence-electron chi connectivity index (χ0n) is 18.8. The minimum Gasteiger partial charge on any atom is -0.447 e. The zero-order chi connectivity index (χ0) is 24.2. The summed E-state index contributed by atoms with van der Waals surface area (Å²) in [4.78, 5) is 36.3. The number of hydrogen-bond donors (Lipinski definition) is 1. The summed E-state index contributed by atoms with van der Waals surface area (Å²) in [6, 6.07) is 4.42. The van der Waals surface area contributed by atoms with Gasteiger partial charge in [-0.3, -0.25) is 9.69 Å². The van der Waals surface area contributed by atoms with Crippen LogP contribution in [-0.4, -0.2) is 59.6 Å². The van der Waals surface area contributed by atoms with Gasteiger partial charge in [0, 0.05) is 18.2 Å². The SMILES string of the molecule is CC(=O)NCC1CN(c2ccc(C3=CCS(=O)(=NC(=O)OCC(C)C)CC3)c(F)c2)C(=O)O1. The summed E-state index contributed by atoms with van der Waals surface area (Å²) in [6.45, 7) is 5.72. The van der Waals surface area contributed by atoms with Crippen LogP contribution in [-0.2, 0) is 24.0 Å². The molecule has 2 aliphatic heterocycles. The molecule has 0 aromatic heterocycles. The number of carbonyl (C=O) groups is 3. The third-order valence-electron chi connectivity index (χ3n) is 5.12. The largest absolute Gasteiger partial charge is 0.447 e. The summed E-state index contributed by atoms with van der Waals surface area (Å²) in [7, 11) is -2.79. The molecule has 2 aliphatic rings. The van der Waals surface area contributed by atoms with Gasteiger partial charge in [0.25, 0.3) is 0 Å². The van der Waals surface area contributed by atoms with E-state index in [-0.39, 0.29) is 43.0 Å². The van der Waals surface area contributed by atoms with Gasteiger partial charge < -0.3 is 14.8 Å². The number of benzene rings is 1. The highest BCUT2D eigenvalue weighted by Gasteiger charge is 2.33. The van der Waals surface area contributed by atoms with Crippen LogP contribution in [0.5, 0.6) is 0 Å². The summed E-state index contributed by atoms with van der Waals surface area (Å²) in [5.74, 6) is -0.455. The first-order chi connectivity index (χ1) is 15.6. The van der Waals surface area contributed by atoms with Gasteiger partial charge in [-0.15, -0.1) is 4.36 Å². The molecule has 1 aromatic carbocycles. The standard InChI is InChI=1S/C22H28FN3O6S/c1-14(2)13-31-21(28)25-33(30)8-6-16(7-9-33)19-5-4-17(10-20(19)23)26-12-18(32-22(26)29)11-24-15(3)27/h4-6,10,14,18H,7-9,11-13H2,1-3H3,(H,24,27). The van der Waals surface area contributed by atoms with Crippen LogP contribution in [0, 0.1) is 11.7 Å². The predicted octanol–water partition coefficient (Wildman–Crippen LogP) is 3.33. The summed E-state index contributed by atoms with van der Waals surface area (Å²) in [5.41, 5.74) is 1.34. The molecular formula is C22H28FN3O6S. The fourth-order valence-corrected chi connectivity index (χ4v) is 5.10. The lowest BCUT2D eigenvalue weighted by Crippen LogP contribution is -2.33. The van der Waals surface area contributed by atoms with E-state index in [1.54, 1.807) is 18.2 Å².